The van der Waals surface area contributed by atoms with Gasteiger partial charge in [0.25, 0.3) is 0 Å². The maximum Gasteiger partial charge on any atom is 0.199 e. The van der Waals surface area contributed by atoms with Gasteiger partial charge in [0.1, 0.15) is 5.75 Å². The molecule has 36 heavy (non-hydrogen) atoms. The predicted octanol–water partition coefficient (Wildman–Crippen LogP) is 7.12. The summed E-state index contributed by atoms with van der Waals surface area (Å²) in [6.45, 7) is 15.1. The zero-order chi connectivity index (χ0) is 25.1. The van der Waals surface area contributed by atoms with E-state index in [-0.39, 0.29) is 6.29 Å². The molecular weight excluding hydrogens is 446 g/mol. The highest BCUT2D eigenvalue weighted by atomic mass is 16.7. The van der Waals surface area contributed by atoms with Crippen LogP contribution in [0.15, 0.2) is 29.3 Å². The molecule has 1 saturated heterocycles. The molecule has 0 radical (unpaired) electrons. The lowest BCUT2D eigenvalue weighted by Gasteiger charge is -2.50. The molecule has 1 aliphatic heterocycles. The molecule has 4 heteroatoms. The summed E-state index contributed by atoms with van der Waals surface area (Å²) in [5.41, 5.74) is 6.75. The van der Waals surface area contributed by atoms with Crippen molar-refractivity contribution in [3.63, 3.8) is 0 Å². The number of rotatable bonds is 9. The number of aryl methyl sites for hydroxylation is 1. The van der Waals surface area contributed by atoms with Crippen molar-refractivity contribution >= 4 is 0 Å². The fraction of sp³-hybridized carbons (Fsp3) is 0.750. The number of fused-ring (bicyclic) bond motifs is 5. The van der Waals surface area contributed by atoms with Crippen LogP contribution in [0, 0.1) is 17.3 Å². The average Bonchev–Trinajstić information content (AvgIpc) is 3.26. The van der Waals surface area contributed by atoms with Crippen LogP contribution in [0.1, 0.15) is 96.1 Å². The molecule has 0 amide bonds. The molecule has 2 saturated carbocycles. The van der Waals surface area contributed by atoms with Crippen LogP contribution in [0.5, 0.6) is 5.75 Å². The van der Waals surface area contributed by atoms with Crippen molar-refractivity contribution in [3.05, 3.63) is 40.5 Å². The van der Waals surface area contributed by atoms with Gasteiger partial charge in [-0.15, -0.1) is 0 Å². The van der Waals surface area contributed by atoms with E-state index in [9.17, 15) is 0 Å². The van der Waals surface area contributed by atoms with E-state index >= 15 is 0 Å². The van der Waals surface area contributed by atoms with Crippen molar-refractivity contribution in [1.29, 1.82) is 0 Å². The number of likely N-dealkylation sites (N-methyl/N-ethyl adjacent to an activating group) is 1. The van der Waals surface area contributed by atoms with Gasteiger partial charge in [0.2, 0.25) is 0 Å². The van der Waals surface area contributed by atoms with Gasteiger partial charge in [-0.1, -0.05) is 32.4 Å². The molecule has 5 rings (SSSR count). The molecule has 0 spiro atoms. The van der Waals surface area contributed by atoms with E-state index in [1.165, 1.54) is 56.1 Å². The van der Waals surface area contributed by atoms with Crippen LogP contribution >= 0.6 is 0 Å². The number of benzene rings is 1. The Labute approximate surface area is 219 Å². The number of ether oxygens (including phenoxy) is 3. The lowest BCUT2D eigenvalue weighted by molar-refractivity contribution is -0.105. The number of nitrogens with zero attached hydrogens (tertiary/aromatic N) is 1. The van der Waals surface area contributed by atoms with Crippen LogP contribution in [0.4, 0.5) is 0 Å². The van der Waals surface area contributed by atoms with Gasteiger partial charge in [-0.3, -0.25) is 0 Å². The summed E-state index contributed by atoms with van der Waals surface area (Å²) >= 11 is 0. The van der Waals surface area contributed by atoms with Crippen LogP contribution in [-0.2, 0) is 15.9 Å². The van der Waals surface area contributed by atoms with Crippen LogP contribution in [0.25, 0.3) is 0 Å². The van der Waals surface area contributed by atoms with Gasteiger partial charge in [0, 0.05) is 13.0 Å². The normalized spacial score (nSPS) is 33.1. The second-order valence-corrected chi connectivity index (χ2v) is 12.0. The molecule has 0 bridgehead atoms. The first-order valence-corrected chi connectivity index (χ1v) is 14.9. The van der Waals surface area contributed by atoms with Gasteiger partial charge in [0.15, 0.2) is 6.29 Å². The second kappa shape index (κ2) is 11.6. The van der Waals surface area contributed by atoms with Crippen LogP contribution in [-0.4, -0.2) is 50.6 Å². The number of hydrogen-bond donors (Lipinski definition) is 0. The summed E-state index contributed by atoms with van der Waals surface area (Å²) in [5, 5.41) is 0. The summed E-state index contributed by atoms with van der Waals surface area (Å²) in [6, 6.07) is 6.94. The molecule has 1 aromatic rings. The predicted molar refractivity (Wildman–Crippen MR) is 147 cm³/mol. The molecule has 200 valence electrons. The van der Waals surface area contributed by atoms with E-state index in [0.29, 0.717) is 5.41 Å². The van der Waals surface area contributed by atoms with Gasteiger partial charge in [-0.25, -0.2) is 0 Å². The zero-order valence-corrected chi connectivity index (χ0v) is 23.3. The van der Waals surface area contributed by atoms with Crippen LogP contribution in [0.2, 0.25) is 0 Å². The summed E-state index contributed by atoms with van der Waals surface area (Å²) < 4.78 is 18.2. The molecule has 5 atom stereocenters. The van der Waals surface area contributed by atoms with E-state index in [4.69, 9.17) is 14.2 Å². The molecule has 1 unspecified atom stereocenters. The molecule has 0 N–H and O–H groups in total. The van der Waals surface area contributed by atoms with Crippen molar-refractivity contribution < 1.29 is 14.2 Å². The first-order chi connectivity index (χ1) is 17.5. The molecular formula is C32H49NO3. The Morgan fingerprint density at radius 2 is 1.94 bits per heavy atom. The zero-order valence-electron chi connectivity index (χ0n) is 23.3. The maximum atomic E-state index is 6.21. The Balaban J connectivity index is 1.23. The minimum atomic E-state index is -0.0586. The molecule has 3 fully saturated rings. The Kier molecular flexibility index (Phi) is 8.44. The summed E-state index contributed by atoms with van der Waals surface area (Å²) in [4.78, 5) is 2.44. The van der Waals surface area contributed by atoms with Crippen molar-refractivity contribution in [1.82, 2.24) is 4.90 Å². The Morgan fingerprint density at radius 1 is 1.08 bits per heavy atom. The lowest BCUT2D eigenvalue weighted by atomic mass is 9.55. The third-order valence-corrected chi connectivity index (χ3v) is 10.2. The Hall–Kier alpha value is -1.36. The molecule has 1 aromatic carbocycles. The molecule has 0 aromatic heterocycles. The highest BCUT2D eigenvalue weighted by molar-refractivity contribution is 5.41. The lowest BCUT2D eigenvalue weighted by Crippen LogP contribution is -2.40. The van der Waals surface area contributed by atoms with Gasteiger partial charge < -0.3 is 19.1 Å². The van der Waals surface area contributed by atoms with Crippen molar-refractivity contribution in [2.24, 2.45) is 17.3 Å². The topological polar surface area (TPSA) is 30.9 Å². The number of hydrogen-bond acceptors (Lipinski definition) is 4. The molecule has 4 aliphatic rings. The molecule has 1 heterocycles. The monoisotopic (exact) mass is 495 g/mol. The van der Waals surface area contributed by atoms with E-state index in [2.05, 4.69) is 50.8 Å². The Bertz CT molecular complexity index is 916. The van der Waals surface area contributed by atoms with Crippen molar-refractivity contribution in [3.8, 4) is 5.75 Å². The largest absolute Gasteiger partial charge is 0.465 e. The Morgan fingerprint density at radius 3 is 2.72 bits per heavy atom. The average molecular weight is 496 g/mol. The molecule has 3 aliphatic carbocycles. The summed E-state index contributed by atoms with van der Waals surface area (Å²) in [7, 11) is 0. The third-order valence-electron chi connectivity index (χ3n) is 10.2. The highest BCUT2D eigenvalue weighted by Crippen LogP contribution is 2.63. The maximum absolute atomic E-state index is 6.21. The minimum Gasteiger partial charge on any atom is -0.465 e. The summed E-state index contributed by atoms with van der Waals surface area (Å²) in [6.07, 6.45) is 11.1. The fourth-order valence-corrected chi connectivity index (χ4v) is 8.15. The van der Waals surface area contributed by atoms with E-state index in [0.717, 1.165) is 75.8 Å². The van der Waals surface area contributed by atoms with Crippen LogP contribution < -0.4 is 4.74 Å². The quantitative estimate of drug-likeness (QED) is 0.269. The smallest absolute Gasteiger partial charge is 0.199 e. The van der Waals surface area contributed by atoms with Gasteiger partial charge in [-0.2, -0.15) is 0 Å². The van der Waals surface area contributed by atoms with E-state index in [1.807, 2.05) is 0 Å². The molecule has 4 nitrogen and oxygen atoms in total. The van der Waals surface area contributed by atoms with Gasteiger partial charge in [0.05, 0.1) is 19.8 Å². The highest BCUT2D eigenvalue weighted by Gasteiger charge is 2.52. The van der Waals surface area contributed by atoms with Gasteiger partial charge >= 0.3 is 0 Å². The standard InChI is InChI=1S/C32H49NO3/c1-5-33(6-2)18-20-34-22-23(3)29-14-15-30-28-12-10-24-21-25(36-31-9-7-8-19-35-31)11-13-26(24)27(28)16-17-32(29,30)4/h11,13,21,27-28,30-31H,5-10,12,14-20,22H2,1-4H3/t27-,28-,30+,31?,32-/m1/s1. The third kappa shape index (κ3) is 5.28. The first kappa shape index (κ1) is 26.3. The summed E-state index contributed by atoms with van der Waals surface area (Å²) in [5.74, 6) is 3.36. The van der Waals surface area contributed by atoms with Crippen molar-refractivity contribution in [2.75, 3.05) is 39.5 Å². The first-order valence-electron chi connectivity index (χ1n) is 14.9. The van der Waals surface area contributed by atoms with Crippen LogP contribution in [0.3, 0.4) is 0 Å². The SMILES string of the molecule is CCN(CC)CCOCC(C)=C1CC[C@H]2[C@@H]3CCc4cc(OC5CCCCO5)ccc4[C@H]3CC[C@]12C. The second-order valence-electron chi connectivity index (χ2n) is 12.0. The van der Waals surface area contributed by atoms with Gasteiger partial charge in [-0.05, 0) is 123 Å². The van der Waals surface area contributed by atoms with E-state index in [1.54, 1.807) is 11.1 Å². The van der Waals surface area contributed by atoms with E-state index < -0.39 is 0 Å². The van der Waals surface area contributed by atoms with Crippen molar-refractivity contribution in [2.45, 2.75) is 97.7 Å². The number of allylic oxidation sites excluding steroid dienone is 1. The fourth-order valence-electron chi connectivity index (χ4n) is 8.15. The minimum absolute atomic E-state index is 0.0586.